The lowest BCUT2D eigenvalue weighted by atomic mass is 10.0. The van der Waals surface area contributed by atoms with E-state index in [2.05, 4.69) is 24.0 Å². The summed E-state index contributed by atoms with van der Waals surface area (Å²) in [5, 5.41) is 17.2. The number of aliphatic hydroxyl groups is 1. The highest BCUT2D eigenvalue weighted by atomic mass is 16.3. The largest absolute Gasteiger partial charge is 0.378 e. The van der Waals surface area contributed by atoms with Crippen LogP contribution in [0.5, 0.6) is 0 Å². The molecular weight excluding hydrogens is 292 g/mol. The maximum Gasteiger partial charge on any atom is 0.274 e. The number of nitrogens with one attached hydrogen (secondary N) is 1. The lowest BCUT2D eigenvalue weighted by Crippen LogP contribution is -2.39. The van der Waals surface area contributed by atoms with E-state index in [1.54, 1.807) is 4.90 Å². The maximum atomic E-state index is 12.6. The zero-order valence-corrected chi connectivity index (χ0v) is 14.8. The van der Waals surface area contributed by atoms with Crippen LogP contribution in [0, 0.1) is 5.92 Å². The van der Waals surface area contributed by atoms with Crippen LogP contribution in [0.25, 0.3) is 0 Å². The summed E-state index contributed by atoms with van der Waals surface area (Å²) in [6.45, 7) is 8.50. The van der Waals surface area contributed by atoms with Crippen LogP contribution in [0.2, 0.25) is 0 Å². The molecule has 1 aliphatic heterocycles. The SMILES string of the molecule is CCC(C)CCN(C)C(=O)c1n[nH]c2c1CCN(C(O)CC)C2. The van der Waals surface area contributed by atoms with E-state index in [-0.39, 0.29) is 5.91 Å². The van der Waals surface area contributed by atoms with Gasteiger partial charge in [-0.3, -0.25) is 14.8 Å². The number of rotatable bonds is 7. The number of carbonyl (C=O) groups excluding carboxylic acids is 1. The summed E-state index contributed by atoms with van der Waals surface area (Å²) < 4.78 is 0. The van der Waals surface area contributed by atoms with Crippen molar-refractivity contribution < 1.29 is 9.90 Å². The molecule has 0 fully saturated rings. The topological polar surface area (TPSA) is 72.5 Å². The number of H-pyrrole nitrogens is 1. The molecule has 6 nitrogen and oxygen atoms in total. The first-order chi connectivity index (χ1) is 11.0. The lowest BCUT2D eigenvalue weighted by molar-refractivity contribution is -0.00868. The van der Waals surface area contributed by atoms with Gasteiger partial charge in [-0.1, -0.05) is 27.2 Å². The number of carbonyl (C=O) groups is 1. The molecule has 6 heteroatoms. The van der Waals surface area contributed by atoms with Gasteiger partial charge in [0.05, 0.1) is 5.69 Å². The van der Waals surface area contributed by atoms with Crippen LogP contribution in [0.15, 0.2) is 0 Å². The number of amides is 1. The van der Waals surface area contributed by atoms with E-state index in [1.807, 2.05) is 18.9 Å². The van der Waals surface area contributed by atoms with Gasteiger partial charge in [-0.15, -0.1) is 0 Å². The van der Waals surface area contributed by atoms with Gasteiger partial charge < -0.3 is 10.0 Å². The van der Waals surface area contributed by atoms with Crippen molar-refractivity contribution >= 4 is 5.91 Å². The summed E-state index contributed by atoms with van der Waals surface area (Å²) >= 11 is 0. The molecule has 1 aromatic heterocycles. The first kappa shape index (κ1) is 17.9. The highest BCUT2D eigenvalue weighted by Gasteiger charge is 2.28. The van der Waals surface area contributed by atoms with Crippen molar-refractivity contribution in [3.05, 3.63) is 17.0 Å². The molecule has 2 rings (SSSR count). The molecule has 0 spiro atoms. The fourth-order valence-corrected chi connectivity index (χ4v) is 2.93. The molecule has 0 radical (unpaired) electrons. The van der Waals surface area contributed by atoms with Gasteiger partial charge in [0.15, 0.2) is 5.69 Å². The van der Waals surface area contributed by atoms with Crippen LogP contribution in [0.3, 0.4) is 0 Å². The molecule has 130 valence electrons. The number of hydrogen-bond donors (Lipinski definition) is 2. The quantitative estimate of drug-likeness (QED) is 0.805. The van der Waals surface area contributed by atoms with Gasteiger partial charge >= 0.3 is 0 Å². The Morgan fingerprint density at radius 3 is 2.83 bits per heavy atom. The average molecular weight is 322 g/mol. The van der Waals surface area contributed by atoms with Crippen molar-refractivity contribution in [3.8, 4) is 0 Å². The zero-order chi connectivity index (χ0) is 17.0. The average Bonchev–Trinajstić information content (AvgIpc) is 3.00. The van der Waals surface area contributed by atoms with Gasteiger partial charge in [0, 0.05) is 32.2 Å². The number of aliphatic hydroxyl groups excluding tert-OH is 1. The van der Waals surface area contributed by atoms with E-state index in [0.717, 1.165) is 43.6 Å². The van der Waals surface area contributed by atoms with Crippen molar-refractivity contribution in [1.29, 1.82) is 0 Å². The molecule has 0 aromatic carbocycles. The third-order valence-corrected chi connectivity index (χ3v) is 4.95. The summed E-state index contributed by atoms with van der Waals surface area (Å²) in [5.41, 5.74) is 2.53. The fraction of sp³-hybridized carbons (Fsp3) is 0.765. The first-order valence-electron chi connectivity index (χ1n) is 8.71. The van der Waals surface area contributed by atoms with Crippen molar-refractivity contribution in [2.75, 3.05) is 20.1 Å². The van der Waals surface area contributed by atoms with E-state index in [4.69, 9.17) is 0 Å². The van der Waals surface area contributed by atoms with E-state index >= 15 is 0 Å². The van der Waals surface area contributed by atoms with Crippen LogP contribution in [-0.2, 0) is 13.0 Å². The summed E-state index contributed by atoms with van der Waals surface area (Å²) in [7, 11) is 1.85. The number of aromatic amines is 1. The van der Waals surface area contributed by atoms with Crippen molar-refractivity contribution in [1.82, 2.24) is 20.0 Å². The minimum atomic E-state index is -0.427. The second-order valence-corrected chi connectivity index (χ2v) is 6.67. The summed E-state index contributed by atoms with van der Waals surface area (Å²) in [6.07, 6.45) is 3.18. The number of aromatic nitrogens is 2. The minimum absolute atomic E-state index is 0.00436. The molecule has 0 saturated heterocycles. The summed E-state index contributed by atoms with van der Waals surface area (Å²) in [4.78, 5) is 16.4. The third-order valence-electron chi connectivity index (χ3n) is 4.95. The molecule has 2 heterocycles. The number of nitrogens with zero attached hydrogens (tertiary/aromatic N) is 3. The smallest absolute Gasteiger partial charge is 0.274 e. The molecule has 0 bridgehead atoms. The van der Waals surface area contributed by atoms with Crippen molar-refractivity contribution in [2.45, 2.75) is 59.2 Å². The molecule has 1 aliphatic rings. The molecule has 1 amide bonds. The Morgan fingerprint density at radius 2 is 2.17 bits per heavy atom. The third kappa shape index (κ3) is 4.12. The molecule has 2 atom stereocenters. The minimum Gasteiger partial charge on any atom is -0.378 e. The molecule has 0 aliphatic carbocycles. The highest BCUT2D eigenvalue weighted by molar-refractivity contribution is 5.93. The standard InChI is InChI=1S/C17H30N4O2/c1-5-12(3)7-9-20(4)17(23)16-13-8-10-21(15(22)6-2)11-14(13)18-19-16/h12,15,22H,5-11H2,1-4H3,(H,18,19). The van der Waals surface area contributed by atoms with Gasteiger partial charge in [-0.2, -0.15) is 5.10 Å². The second kappa shape index (κ2) is 7.93. The molecular formula is C17H30N4O2. The second-order valence-electron chi connectivity index (χ2n) is 6.67. The van der Waals surface area contributed by atoms with E-state index in [0.29, 0.717) is 24.6 Å². The summed E-state index contributed by atoms with van der Waals surface area (Å²) in [6, 6.07) is 0. The molecule has 2 unspecified atom stereocenters. The predicted molar refractivity (Wildman–Crippen MR) is 90.0 cm³/mol. The molecule has 1 aromatic rings. The maximum absolute atomic E-state index is 12.6. The Kier molecular flexibility index (Phi) is 6.18. The number of fused-ring (bicyclic) bond motifs is 1. The van der Waals surface area contributed by atoms with Crippen molar-refractivity contribution in [3.63, 3.8) is 0 Å². The Hall–Kier alpha value is -1.40. The normalized spacial score (nSPS) is 17.6. The first-order valence-corrected chi connectivity index (χ1v) is 8.71. The van der Waals surface area contributed by atoms with E-state index < -0.39 is 6.23 Å². The zero-order valence-electron chi connectivity index (χ0n) is 14.8. The Labute approximate surface area is 138 Å². The van der Waals surface area contributed by atoms with Crippen LogP contribution < -0.4 is 0 Å². The van der Waals surface area contributed by atoms with Gasteiger partial charge in [0.25, 0.3) is 5.91 Å². The van der Waals surface area contributed by atoms with Gasteiger partial charge in [-0.05, 0) is 25.2 Å². The Morgan fingerprint density at radius 1 is 1.43 bits per heavy atom. The summed E-state index contributed by atoms with van der Waals surface area (Å²) in [5.74, 6) is 0.623. The lowest BCUT2D eigenvalue weighted by Gasteiger charge is -2.30. The highest BCUT2D eigenvalue weighted by Crippen LogP contribution is 2.23. The molecule has 23 heavy (non-hydrogen) atoms. The molecule has 0 saturated carbocycles. The van der Waals surface area contributed by atoms with E-state index in [9.17, 15) is 9.90 Å². The van der Waals surface area contributed by atoms with Crippen LogP contribution in [0.1, 0.15) is 61.8 Å². The van der Waals surface area contributed by atoms with Crippen LogP contribution >= 0.6 is 0 Å². The van der Waals surface area contributed by atoms with Gasteiger partial charge in [0.1, 0.15) is 6.23 Å². The van der Waals surface area contributed by atoms with Crippen LogP contribution in [-0.4, -0.2) is 57.4 Å². The monoisotopic (exact) mass is 322 g/mol. The molecule has 2 N–H and O–H groups in total. The van der Waals surface area contributed by atoms with E-state index in [1.165, 1.54) is 0 Å². The number of hydrogen-bond acceptors (Lipinski definition) is 4. The Bertz CT molecular complexity index is 529. The van der Waals surface area contributed by atoms with Gasteiger partial charge in [0.2, 0.25) is 0 Å². The fourth-order valence-electron chi connectivity index (χ4n) is 2.93. The Balaban J connectivity index is 2.02. The van der Waals surface area contributed by atoms with Gasteiger partial charge in [-0.25, -0.2) is 0 Å². The van der Waals surface area contributed by atoms with Crippen LogP contribution in [0.4, 0.5) is 0 Å². The predicted octanol–water partition coefficient (Wildman–Crippen LogP) is 2.00. The van der Waals surface area contributed by atoms with Crippen molar-refractivity contribution in [2.24, 2.45) is 5.92 Å².